The van der Waals surface area contributed by atoms with Crippen LogP contribution >= 0.6 is 0 Å². The molecule has 0 aliphatic heterocycles. The second-order valence-corrected chi connectivity index (χ2v) is 6.41. The molecule has 7 nitrogen and oxygen atoms in total. The van der Waals surface area contributed by atoms with Crippen molar-refractivity contribution in [2.75, 3.05) is 0 Å². The number of amides is 1. The number of benzene rings is 2. The van der Waals surface area contributed by atoms with E-state index in [4.69, 9.17) is 4.42 Å². The molecule has 7 heteroatoms. The summed E-state index contributed by atoms with van der Waals surface area (Å²) in [6.45, 7) is 3.94. The number of hydrogen-bond donors (Lipinski definition) is 1. The third-order valence-corrected chi connectivity index (χ3v) is 4.20. The van der Waals surface area contributed by atoms with E-state index in [0.717, 1.165) is 16.7 Å². The molecule has 1 aromatic heterocycles. The summed E-state index contributed by atoms with van der Waals surface area (Å²) in [7, 11) is 0. The van der Waals surface area contributed by atoms with Gasteiger partial charge in [0.2, 0.25) is 5.91 Å². The maximum Gasteiger partial charge on any atom is 0.270 e. The Labute approximate surface area is 161 Å². The third-order valence-electron chi connectivity index (χ3n) is 4.20. The molecule has 1 heterocycles. The number of carbonyl (C=O) groups is 1. The van der Waals surface area contributed by atoms with Crippen molar-refractivity contribution in [3.63, 3.8) is 0 Å². The lowest BCUT2D eigenvalue weighted by molar-refractivity contribution is -0.384. The third kappa shape index (κ3) is 4.70. The van der Waals surface area contributed by atoms with Crippen LogP contribution in [0, 0.1) is 24.0 Å². The topological polar surface area (TPSA) is 97.7 Å². The number of rotatable bonds is 6. The minimum absolute atomic E-state index is 0.0113. The molecule has 1 N–H and O–H groups in total. The average molecular weight is 377 g/mol. The van der Waals surface area contributed by atoms with Crippen LogP contribution in [0.4, 0.5) is 5.69 Å². The van der Waals surface area contributed by atoms with Gasteiger partial charge < -0.3 is 4.42 Å². The Hall–Kier alpha value is -3.74. The molecule has 0 aliphatic carbocycles. The quantitative estimate of drug-likeness (QED) is 0.396. The minimum atomic E-state index is -0.458. The fourth-order valence-corrected chi connectivity index (χ4v) is 2.72. The Kier molecular flexibility index (Phi) is 5.64. The van der Waals surface area contributed by atoms with Gasteiger partial charge in [0.15, 0.2) is 0 Å². The summed E-state index contributed by atoms with van der Waals surface area (Å²) < 4.78 is 5.62. The van der Waals surface area contributed by atoms with Crippen molar-refractivity contribution in [2.45, 2.75) is 20.3 Å². The highest BCUT2D eigenvalue weighted by molar-refractivity contribution is 5.82. The Balaban J connectivity index is 1.62. The molecule has 3 rings (SSSR count). The van der Waals surface area contributed by atoms with E-state index in [0.29, 0.717) is 17.1 Å². The number of hydrazone groups is 1. The summed E-state index contributed by atoms with van der Waals surface area (Å²) >= 11 is 0. The first-order valence-corrected chi connectivity index (χ1v) is 8.65. The highest BCUT2D eigenvalue weighted by atomic mass is 16.6. The molecule has 3 aromatic rings. The number of carbonyl (C=O) groups excluding carboxylic acids is 1. The molecular weight excluding hydrogens is 358 g/mol. The van der Waals surface area contributed by atoms with Crippen LogP contribution in [0.2, 0.25) is 0 Å². The van der Waals surface area contributed by atoms with Gasteiger partial charge in [-0.05, 0) is 37.1 Å². The van der Waals surface area contributed by atoms with Gasteiger partial charge in [-0.15, -0.1) is 0 Å². The van der Waals surface area contributed by atoms with Gasteiger partial charge in [-0.2, -0.15) is 5.10 Å². The van der Waals surface area contributed by atoms with E-state index in [2.05, 4.69) is 10.5 Å². The lowest BCUT2D eigenvalue weighted by Crippen LogP contribution is -2.20. The molecule has 142 valence electrons. The van der Waals surface area contributed by atoms with Crippen LogP contribution < -0.4 is 5.43 Å². The molecule has 2 aromatic carbocycles. The Bertz CT molecular complexity index is 1050. The summed E-state index contributed by atoms with van der Waals surface area (Å²) in [4.78, 5) is 22.5. The largest absolute Gasteiger partial charge is 0.455 e. The van der Waals surface area contributed by atoms with Crippen molar-refractivity contribution >= 4 is 17.8 Å². The number of aryl methyl sites for hydroxylation is 2. The Morgan fingerprint density at radius 2 is 2.00 bits per heavy atom. The van der Waals surface area contributed by atoms with Gasteiger partial charge in [0.25, 0.3) is 5.69 Å². The molecule has 1 amide bonds. The van der Waals surface area contributed by atoms with Crippen molar-refractivity contribution in [2.24, 2.45) is 5.10 Å². The first kappa shape index (κ1) is 19.0. The number of nitrogens with zero attached hydrogens (tertiary/aromatic N) is 2. The van der Waals surface area contributed by atoms with Crippen molar-refractivity contribution in [3.05, 3.63) is 87.2 Å². The molecule has 28 heavy (non-hydrogen) atoms. The lowest BCUT2D eigenvalue weighted by Gasteiger charge is -2.05. The van der Waals surface area contributed by atoms with Gasteiger partial charge in [-0.25, -0.2) is 5.43 Å². The highest BCUT2D eigenvalue weighted by Crippen LogP contribution is 2.25. The van der Waals surface area contributed by atoms with Crippen molar-refractivity contribution < 1.29 is 14.1 Å². The van der Waals surface area contributed by atoms with Crippen LogP contribution in [0.5, 0.6) is 0 Å². The van der Waals surface area contributed by atoms with E-state index in [-0.39, 0.29) is 18.0 Å². The molecule has 0 atom stereocenters. The number of hydrogen-bond acceptors (Lipinski definition) is 5. The van der Waals surface area contributed by atoms with Gasteiger partial charge >= 0.3 is 0 Å². The van der Waals surface area contributed by atoms with Crippen molar-refractivity contribution in [1.29, 1.82) is 0 Å². The summed E-state index contributed by atoms with van der Waals surface area (Å²) in [6, 6.07) is 15.5. The van der Waals surface area contributed by atoms with E-state index < -0.39 is 4.92 Å². The fraction of sp³-hybridized carbons (Fsp3) is 0.143. The molecule has 0 radical (unpaired) electrons. The molecule has 0 unspecified atom stereocenters. The minimum Gasteiger partial charge on any atom is -0.455 e. The zero-order valence-electron chi connectivity index (χ0n) is 15.5. The first-order chi connectivity index (χ1) is 13.4. The summed E-state index contributed by atoms with van der Waals surface area (Å²) in [6.07, 6.45) is 1.63. The zero-order valence-corrected chi connectivity index (χ0v) is 15.5. The standard InChI is InChI=1S/C21H19N3O4/c1-14-6-7-15(2)17(10-14)12-21(25)23-22-13-19-8-9-20(28-19)16-4-3-5-18(11-16)24(26)27/h3-11,13H,12H2,1-2H3,(H,23,25)/b22-13-. The molecular formula is C21H19N3O4. The van der Waals surface area contributed by atoms with E-state index in [1.54, 1.807) is 24.3 Å². The van der Waals surface area contributed by atoms with Gasteiger partial charge in [-0.3, -0.25) is 14.9 Å². The average Bonchev–Trinajstić information content (AvgIpc) is 3.14. The van der Waals surface area contributed by atoms with E-state index in [1.165, 1.54) is 18.3 Å². The molecule has 0 fully saturated rings. The number of nitrogens with one attached hydrogen (secondary N) is 1. The van der Waals surface area contributed by atoms with Crippen molar-refractivity contribution in [1.82, 2.24) is 5.43 Å². The number of nitro benzene ring substituents is 1. The Morgan fingerprint density at radius 3 is 2.79 bits per heavy atom. The van der Waals surface area contributed by atoms with Gasteiger partial charge in [0.05, 0.1) is 17.6 Å². The SMILES string of the molecule is Cc1ccc(C)c(CC(=O)N/N=C\c2ccc(-c3cccc([N+](=O)[O-])c3)o2)c1. The lowest BCUT2D eigenvalue weighted by atomic mass is 10.0. The van der Waals surface area contributed by atoms with Crippen LogP contribution in [-0.4, -0.2) is 17.0 Å². The van der Waals surface area contributed by atoms with E-state index in [1.807, 2.05) is 32.0 Å². The molecule has 0 spiro atoms. The summed E-state index contributed by atoms with van der Waals surface area (Å²) in [5.41, 5.74) is 6.17. The predicted octanol–water partition coefficient (Wildman–Crippen LogP) is 4.16. The maximum atomic E-state index is 12.1. The second-order valence-electron chi connectivity index (χ2n) is 6.41. The fourth-order valence-electron chi connectivity index (χ4n) is 2.72. The van der Waals surface area contributed by atoms with Crippen LogP contribution in [0.1, 0.15) is 22.5 Å². The number of furan rings is 1. The van der Waals surface area contributed by atoms with Crippen LogP contribution in [0.25, 0.3) is 11.3 Å². The zero-order chi connectivity index (χ0) is 20.1. The first-order valence-electron chi connectivity index (χ1n) is 8.65. The summed E-state index contributed by atoms with van der Waals surface area (Å²) in [5.74, 6) is 0.677. The van der Waals surface area contributed by atoms with Crippen LogP contribution in [-0.2, 0) is 11.2 Å². The second kappa shape index (κ2) is 8.30. The number of nitro groups is 1. The van der Waals surface area contributed by atoms with Crippen molar-refractivity contribution in [3.8, 4) is 11.3 Å². The smallest absolute Gasteiger partial charge is 0.270 e. The Morgan fingerprint density at radius 1 is 1.18 bits per heavy atom. The molecule has 0 bridgehead atoms. The van der Waals surface area contributed by atoms with Crippen LogP contribution in [0.3, 0.4) is 0 Å². The normalized spacial score (nSPS) is 10.9. The predicted molar refractivity (Wildman–Crippen MR) is 106 cm³/mol. The van der Waals surface area contributed by atoms with Gasteiger partial charge in [0.1, 0.15) is 11.5 Å². The van der Waals surface area contributed by atoms with Gasteiger partial charge in [-0.1, -0.05) is 35.9 Å². The summed E-state index contributed by atoms with van der Waals surface area (Å²) in [5, 5.41) is 14.8. The van der Waals surface area contributed by atoms with Crippen LogP contribution in [0.15, 0.2) is 64.1 Å². The monoisotopic (exact) mass is 377 g/mol. The molecule has 0 saturated carbocycles. The van der Waals surface area contributed by atoms with E-state index >= 15 is 0 Å². The van der Waals surface area contributed by atoms with Gasteiger partial charge in [0, 0.05) is 17.7 Å². The number of non-ortho nitro benzene ring substituents is 1. The highest BCUT2D eigenvalue weighted by Gasteiger charge is 2.10. The maximum absolute atomic E-state index is 12.1. The molecule has 0 aliphatic rings. The molecule has 0 saturated heterocycles. The van der Waals surface area contributed by atoms with E-state index in [9.17, 15) is 14.9 Å².